The number of nitrogens with zero attached hydrogens (tertiary/aromatic N) is 2. The van der Waals surface area contributed by atoms with Gasteiger partial charge in [-0.1, -0.05) is 0 Å². The first-order valence-electron chi connectivity index (χ1n) is 9.21. The molecule has 0 radical (unpaired) electrons. The predicted octanol–water partition coefficient (Wildman–Crippen LogP) is 3.22. The zero-order chi connectivity index (χ0) is 20.1. The number of hydrogen-bond donors (Lipinski definition) is 1. The molecule has 2 aromatic rings. The molecule has 0 saturated carbocycles. The first-order chi connectivity index (χ1) is 13.3. The summed E-state index contributed by atoms with van der Waals surface area (Å²) in [5, 5.41) is 2.72. The molecule has 0 unspecified atom stereocenters. The van der Waals surface area contributed by atoms with Crippen LogP contribution in [0.25, 0.3) is 0 Å². The fraction of sp³-hybridized carbons (Fsp3) is 0.350. The molecule has 8 heteroatoms. The molecule has 28 heavy (non-hydrogen) atoms. The van der Waals surface area contributed by atoms with Crippen molar-refractivity contribution in [2.75, 3.05) is 40.4 Å². The van der Waals surface area contributed by atoms with E-state index in [4.69, 9.17) is 0 Å². The number of carbonyl (C=O) groups excluding carboxylic acids is 1. The van der Waals surface area contributed by atoms with Crippen molar-refractivity contribution in [1.29, 1.82) is 0 Å². The Balaban J connectivity index is 1.66. The van der Waals surface area contributed by atoms with Crippen molar-refractivity contribution in [3.8, 4) is 0 Å². The molecular formula is C20H24FN3O3S. The molecule has 0 bridgehead atoms. The van der Waals surface area contributed by atoms with E-state index < -0.39 is 28.3 Å². The lowest BCUT2D eigenvalue weighted by molar-refractivity contribution is -0.114. The van der Waals surface area contributed by atoms with E-state index in [1.54, 1.807) is 0 Å². The Morgan fingerprint density at radius 1 is 1.04 bits per heavy atom. The number of rotatable bonds is 6. The second kappa shape index (κ2) is 8.60. The van der Waals surface area contributed by atoms with Gasteiger partial charge in [0.25, 0.3) is 0 Å². The number of nitrogens with one attached hydrogen (secondary N) is 1. The quantitative estimate of drug-likeness (QED) is 0.801. The fourth-order valence-corrected chi connectivity index (χ4v) is 4.10. The van der Waals surface area contributed by atoms with Crippen molar-refractivity contribution in [1.82, 2.24) is 0 Å². The molecule has 2 aromatic carbocycles. The van der Waals surface area contributed by atoms with Gasteiger partial charge in [-0.2, -0.15) is 0 Å². The van der Waals surface area contributed by atoms with E-state index in [-0.39, 0.29) is 5.69 Å². The summed E-state index contributed by atoms with van der Waals surface area (Å²) in [6, 6.07) is 12.5. The van der Waals surface area contributed by atoms with Crippen molar-refractivity contribution in [3.63, 3.8) is 0 Å². The number of amides is 1. The second-order valence-corrected chi connectivity index (χ2v) is 8.80. The van der Waals surface area contributed by atoms with Gasteiger partial charge in [-0.05, 0) is 67.8 Å². The Morgan fingerprint density at radius 2 is 1.64 bits per heavy atom. The topological polar surface area (TPSA) is 69.7 Å². The van der Waals surface area contributed by atoms with E-state index >= 15 is 0 Å². The third-order valence-corrected chi connectivity index (χ3v) is 5.82. The van der Waals surface area contributed by atoms with Crippen molar-refractivity contribution < 1.29 is 17.6 Å². The van der Waals surface area contributed by atoms with Gasteiger partial charge in [0.2, 0.25) is 15.9 Å². The van der Waals surface area contributed by atoms with Crippen molar-refractivity contribution in [2.45, 2.75) is 19.3 Å². The maximum Gasteiger partial charge on any atom is 0.245 e. The number of sulfonamides is 1. The minimum Gasteiger partial charge on any atom is -0.372 e. The van der Waals surface area contributed by atoms with E-state index in [0.717, 1.165) is 41.5 Å². The highest BCUT2D eigenvalue weighted by Crippen LogP contribution is 2.22. The molecule has 0 aromatic heterocycles. The molecule has 0 atom stereocenters. The van der Waals surface area contributed by atoms with Gasteiger partial charge in [0.05, 0.1) is 11.9 Å². The van der Waals surface area contributed by atoms with Gasteiger partial charge in [0, 0.05) is 24.5 Å². The summed E-state index contributed by atoms with van der Waals surface area (Å²) in [6.07, 6.45) is 4.64. The van der Waals surface area contributed by atoms with Gasteiger partial charge < -0.3 is 10.2 Å². The Labute approximate surface area is 165 Å². The first-order valence-corrected chi connectivity index (χ1v) is 11.1. The van der Waals surface area contributed by atoms with Crippen LogP contribution in [0.5, 0.6) is 0 Å². The number of anilines is 3. The molecule has 1 saturated heterocycles. The lowest BCUT2D eigenvalue weighted by Gasteiger charge is -2.28. The largest absolute Gasteiger partial charge is 0.372 e. The second-order valence-electron chi connectivity index (χ2n) is 6.89. The van der Waals surface area contributed by atoms with E-state index in [1.807, 2.05) is 24.3 Å². The predicted molar refractivity (Wildman–Crippen MR) is 110 cm³/mol. The van der Waals surface area contributed by atoms with Gasteiger partial charge in [0.1, 0.15) is 12.4 Å². The van der Waals surface area contributed by atoms with Gasteiger partial charge in [0.15, 0.2) is 0 Å². The molecule has 6 nitrogen and oxygen atoms in total. The highest BCUT2D eigenvalue weighted by molar-refractivity contribution is 7.92. The summed E-state index contributed by atoms with van der Waals surface area (Å²) in [6.45, 7) is 1.68. The smallest absolute Gasteiger partial charge is 0.245 e. The zero-order valence-electron chi connectivity index (χ0n) is 15.8. The molecule has 1 aliphatic heterocycles. The molecule has 150 valence electrons. The van der Waals surface area contributed by atoms with Crippen LogP contribution in [0.3, 0.4) is 0 Å². The third-order valence-electron chi connectivity index (χ3n) is 4.67. The van der Waals surface area contributed by atoms with Gasteiger partial charge >= 0.3 is 0 Å². The van der Waals surface area contributed by atoms with E-state index in [2.05, 4.69) is 10.2 Å². The van der Waals surface area contributed by atoms with Gasteiger partial charge in [-0.15, -0.1) is 0 Å². The van der Waals surface area contributed by atoms with Gasteiger partial charge in [-0.3, -0.25) is 9.10 Å². The lowest BCUT2D eigenvalue weighted by atomic mass is 10.1. The zero-order valence-corrected chi connectivity index (χ0v) is 16.6. The van der Waals surface area contributed by atoms with Crippen LogP contribution in [0, 0.1) is 5.82 Å². The van der Waals surface area contributed by atoms with Crippen molar-refractivity contribution in [2.24, 2.45) is 0 Å². The van der Waals surface area contributed by atoms with Crippen LogP contribution in [-0.4, -0.2) is 40.2 Å². The molecule has 1 heterocycles. The summed E-state index contributed by atoms with van der Waals surface area (Å²) >= 11 is 0. The highest BCUT2D eigenvalue weighted by atomic mass is 32.2. The van der Waals surface area contributed by atoms with Crippen LogP contribution in [0.4, 0.5) is 21.5 Å². The Morgan fingerprint density at radius 3 is 2.21 bits per heavy atom. The van der Waals surface area contributed by atoms with Crippen molar-refractivity contribution >= 4 is 33.0 Å². The lowest BCUT2D eigenvalue weighted by Crippen LogP contribution is -2.37. The number of halogens is 1. The third kappa shape index (κ3) is 5.22. The van der Waals surface area contributed by atoms with E-state index in [0.29, 0.717) is 5.69 Å². The molecule has 0 spiro atoms. The first kappa shape index (κ1) is 20.1. The molecule has 0 aliphatic carbocycles. The summed E-state index contributed by atoms with van der Waals surface area (Å²) < 4.78 is 38.2. The van der Waals surface area contributed by atoms with E-state index in [1.165, 1.54) is 31.4 Å². The van der Waals surface area contributed by atoms with Gasteiger partial charge in [-0.25, -0.2) is 12.8 Å². The Kier molecular flexibility index (Phi) is 6.18. The molecule has 1 fully saturated rings. The van der Waals surface area contributed by atoms with Crippen LogP contribution >= 0.6 is 0 Å². The molecular weight excluding hydrogens is 381 g/mol. The number of hydrogen-bond acceptors (Lipinski definition) is 4. The van der Waals surface area contributed by atoms with E-state index in [9.17, 15) is 17.6 Å². The average molecular weight is 405 g/mol. The standard InChI is InChI=1S/C20H24FN3O3S/c1-28(26,27)24(19-9-5-16(21)6-10-19)15-20(25)22-17-7-11-18(12-8-17)23-13-3-2-4-14-23/h5-12H,2-4,13-15H2,1H3,(H,22,25). The molecule has 1 amide bonds. The van der Waals surface area contributed by atoms with Crippen LogP contribution in [0.1, 0.15) is 19.3 Å². The van der Waals surface area contributed by atoms with Crippen LogP contribution in [-0.2, 0) is 14.8 Å². The molecule has 1 N–H and O–H groups in total. The monoisotopic (exact) mass is 405 g/mol. The molecule has 1 aliphatic rings. The van der Waals surface area contributed by atoms with Crippen LogP contribution < -0.4 is 14.5 Å². The SMILES string of the molecule is CS(=O)(=O)N(CC(=O)Nc1ccc(N2CCCCC2)cc1)c1ccc(F)cc1. The summed E-state index contributed by atoms with van der Waals surface area (Å²) in [7, 11) is -3.70. The minimum atomic E-state index is -3.70. The molecule has 3 rings (SSSR count). The maximum atomic E-state index is 13.1. The Hall–Kier alpha value is -2.61. The van der Waals surface area contributed by atoms with Crippen LogP contribution in [0.2, 0.25) is 0 Å². The number of piperidine rings is 1. The summed E-state index contributed by atoms with van der Waals surface area (Å²) in [5.74, 6) is -0.948. The maximum absolute atomic E-state index is 13.1. The summed E-state index contributed by atoms with van der Waals surface area (Å²) in [4.78, 5) is 14.7. The average Bonchev–Trinajstić information content (AvgIpc) is 2.67. The fourth-order valence-electron chi connectivity index (χ4n) is 3.25. The summed E-state index contributed by atoms with van der Waals surface area (Å²) in [5.41, 5.74) is 1.94. The number of benzene rings is 2. The van der Waals surface area contributed by atoms with Crippen molar-refractivity contribution in [3.05, 3.63) is 54.3 Å². The minimum absolute atomic E-state index is 0.236. The van der Waals surface area contributed by atoms with Crippen LogP contribution in [0.15, 0.2) is 48.5 Å². The number of carbonyl (C=O) groups is 1. The Bertz CT molecular complexity index is 909. The normalized spacial score (nSPS) is 14.6. The highest BCUT2D eigenvalue weighted by Gasteiger charge is 2.21.